The molecule has 0 N–H and O–H groups in total. The summed E-state index contributed by atoms with van der Waals surface area (Å²) in [6, 6.07) is 10.4. The fourth-order valence-electron chi connectivity index (χ4n) is 2.94. The molecular formula is C20H19F3N2O4S. The molecule has 0 bridgehead atoms. The van der Waals surface area contributed by atoms with Gasteiger partial charge in [-0.2, -0.15) is 13.1 Å². The summed E-state index contributed by atoms with van der Waals surface area (Å²) in [5.74, 6) is -0.791. The third kappa shape index (κ3) is 5.39. The quantitative estimate of drug-likeness (QED) is 0.648. The molecule has 6 nitrogen and oxygen atoms in total. The average Bonchev–Trinajstić information content (AvgIpc) is 2.73. The SMILES string of the molecule is O=C(C=Cc1ccc(OC(F)F)cc1)N1CCN(S(=O)(=O)c2ccc(F)cc2)CC1. The Hall–Kier alpha value is -2.85. The number of benzene rings is 2. The van der Waals surface area contributed by atoms with Crippen molar-refractivity contribution < 1.29 is 31.1 Å². The van der Waals surface area contributed by atoms with E-state index in [-0.39, 0.29) is 42.7 Å². The van der Waals surface area contributed by atoms with Crippen LogP contribution in [0, 0.1) is 5.82 Å². The van der Waals surface area contributed by atoms with Crippen molar-refractivity contribution in [1.29, 1.82) is 0 Å². The number of hydrogen-bond donors (Lipinski definition) is 0. The van der Waals surface area contributed by atoms with Crippen LogP contribution in [-0.2, 0) is 14.8 Å². The molecule has 1 amide bonds. The van der Waals surface area contributed by atoms with E-state index in [0.717, 1.165) is 12.1 Å². The molecule has 0 radical (unpaired) electrons. The Bertz CT molecular complexity index is 1000. The Morgan fingerprint density at radius 2 is 1.57 bits per heavy atom. The van der Waals surface area contributed by atoms with Gasteiger partial charge in [-0.25, -0.2) is 12.8 Å². The number of alkyl halides is 2. The minimum atomic E-state index is -3.75. The zero-order chi connectivity index (χ0) is 21.7. The highest BCUT2D eigenvalue weighted by Gasteiger charge is 2.29. The van der Waals surface area contributed by atoms with Crippen LogP contribution in [-0.4, -0.2) is 56.3 Å². The molecule has 0 spiro atoms. The van der Waals surface area contributed by atoms with Crippen LogP contribution in [0.2, 0.25) is 0 Å². The molecule has 2 aromatic carbocycles. The Balaban J connectivity index is 1.56. The normalized spacial score (nSPS) is 15.7. The van der Waals surface area contributed by atoms with Gasteiger partial charge < -0.3 is 9.64 Å². The van der Waals surface area contributed by atoms with Gasteiger partial charge in [-0.3, -0.25) is 4.79 Å². The highest BCUT2D eigenvalue weighted by molar-refractivity contribution is 7.89. The molecule has 0 atom stereocenters. The number of piperazine rings is 1. The molecule has 30 heavy (non-hydrogen) atoms. The molecule has 10 heteroatoms. The summed E-state index contributed by atoms with van der Waals surface area (Å²) in [7, 11) is -3.75. The van der Waals surface area contributed by atoms with Crippen LogP contribution < -0.4 is 4.74 Å². The van der Waals surface area contributed by atoms with Crippen molar-refractivity contribution in [2.24, 2.45) is 0 Å². The van der Waals surface area contributed by atoms with Crippen molar-refractivity contribution in [3.63, 3.8) is 0 Å². The second-order valence-electron chi connectivity index (χ2n) is 6.46. The fraction of sp³-hybridized carbons (Fsp3) is 0.250. The molecule has 2 aromatic rings. The number of sulfonamides is 1. The maximum atomic E-state index is 13.0. The number of ether oxygens (including phenoxy) is 1. The number of halogens is 3. The Morgan fingerprint density at radius 1 is 0.967 bits per heavy atom. The average molecular weight is 440 g/mol. The van der Waals surface area contributed by atoms with Crippen molar-refractivity contribution in [2.45, 2.75) is 11.5 Å². The Kier molecular flexibility index (Phi) is 6.78. The van der Waals surface area contributed by atoms with Gasteiger partial charge in [0.05, 0.1) is 4.90 Å². The van der Waals surface area contributed by atoms with Crippen LogP contribution in [0.25, 0.3) is 6.08 Å². The van der Waals surface area contributed by atoms with E-state index in [0.29, 0.717) is 5.56 Å². The van der Waals surface area contributed by atoms with E-state index < -0.39 is 22.5 Å². The van der Waals surface area contributed by atoms with Crippen molar-refractivity contribution in [3.8, 4) is 5.75 Å². The number of nitrogens with zero attached hydrogens (tertiary/aromatic N) is 2. The lowest BCUT2D eigenvalue weighted by Gasteiger charge is -2.33. The van der Waals surface area contributed by atoms with Crippen LogP contribution in [0.3, 0.4) is 0 Å². The monoisotopic (exact) mass is 440 g/mol. The molecule has 1 fully saturated rings. The summed E-state index contributed by atoms with van der Waals surface area (Å²) in [5, 5.41) is 0. The smallest absolute Gasteiger partial charge is 0.387 e. The second kappa shape index (κ2) is 9.31. The lowest BCUT2D eigenvalue weighted by molar-refractivity contribution is -0.127. The molecule has 1 saturated heterocycles. The topological polar surface area (TPSA) is 66.9 Å². The molecule has 1 aliphatic heterocycles. The summed E-state index contributed by atoms with van der Waals surface area (Å²) in [4.78, 5) is 13.9. The highest BCUT2D eigenvalue weighted by atomic mass is 32.2. The van der Waals surface area contributed by atoms with E-state index in [9.17, 15) is 26.4 Å². The predicted molar refractivity (Wildman–Crippen MR) is 104 cm³/mol. The largest absolute Gasteiger partial charge is 0.435 e. The first-order valence-electron chi connectivity index (χ1n) is 9.03. The van der Waals surface area contributed by atoms with Crippen molar-refractivity contribution >= 4 is 22.0 Å². The van der Waals surface area contributed by atoms with Gasteiger partial charge in [-0.1, -0.05) is 12.1 Å². The summed E-state index contributed by atoms with van der Waals surface area (Å²) < 4.78 is 68.1. The molecule has 1 heterocycles. The van der Waals surface area contributed by atoms with Crippen LogP contribution >= 0.6 is 0 Å². The van der Waals surface area contributed by atoms with Gasteiger partial charge >= 0.3 is 6.61 Å². The summed E-state index contributed by atoms with van der Waals surface area (Å²) >= 11 is 0. The van der Waals surface area contributed by atoms with Gasteiger partial charge in [0.25, 0.3) is 0 Å². The van der Waals surface area contributed by atoms with Gasteiger partial charge in [0.2, 0.25) is 15.9 Å². The third-order valence-electron chi connectivity index (χ3n) is 4.53. The molecule has 1 aliphatic rings. The van der Waals surface area contributed by atoms with E-state index in [2.05, 4.69) is 4.74 Å². The van der Waals surface area contributed by atoms with Gasteiger partial charge in [-0.05, 0) is 48.0 Å². The lowest BCUT2D eigenvalue weighted by atomic mass is 10.2. The minimum absolute atomic E-state index is 0.00263. The van der Waals surface area contributed by atoms with Crippen LogP contribution in [0.1, 0.15) is 5.56 Å². The predicted octanol–water partition coefficient (Wildman–Crippen LogP) is 2.97. The van der Waals surface area contributed by atoms with E-state index in [1.165, 1.54) is 57.8 Å². The van der Waals surface area contributed by atoms with Gasteiger partial charge in [0, 0.05) is 32.3 Å². The standard InChI is InChI=1S/C20H19F3N2O4S/c21-16-4-8-18(9-5-16)30(27,28)25-13-11-24(12-14-25)19(26)10-3-15-1-6-17(7-2-15)29-20(22)23/h1-10,20H,11-14H2. The summed E-state index contributed by atoms with van der Waals surface area (Å²) in [6.45, 7) is -2.23. The molecule has 0 aliphatic carbocycles. The van der Waals surface area contributed by atoms with Crippen molar-refractivity contribution in [1.82, 2.24) is 9.21 Å². The fourth-order valence-corrected chi connectivity index (χ4v) is 4.36. The first-order valence-corrected chi connectivity index (χ1v) is 10.5. The Morgan fingerprint density at radius 3 is 2.13 bits per heavy atom. The molecule has 0 saturated carbocycles. The first-order chi connectivity index (χ1) is 14.3. The highest BCUT2D eigenvalue weighted by Crippen LogP contribution is 2.19. The summed E-state index contributed by atoms with van der Waals surface area (Å²) in [6.07, 6.45) is 2.88. The first kappa shape index (κ1) is 21.8. The van der Waals surface area contributed by atoms with E-state index in [1.807, 2.05) is 0 Å². The molecule has 0 unspecified atom stereocenters. The van der Waals surface area contributed by atoms with E-state index >= 15 is 0 Å². The van der Waals surface area contributed by atoms with Gasteiger partial charge in [-0.15, -0.1) is 0 Å². The molecular weight excluding hydrogens is 421 g/mol. The number of hydrogen-bond acceptors (Lipinski definition) is 4. The number of carbonyl (C=O) groups excluding carboxylic acids is 1. The zero-order valence-electron chi connectivity index (χ0n) is 15.7. The summed E-state index contributed by atoms with van der Waals surface area (Å²) in [5.41, 5.74) is 0.627. The zero-order valence-corrected chi connectivity index (χ0v) is 16.6. The van der Waals surface area contributed by atoms with Gasteiger partial charge in [0.15, 0.2) is 0 Å². The number of rotatable bonds is 6. The van der Waals surface area contributed by atoms with Crippen molar-refractivity contribution in [2.75, 3.05) is 26.2 Å². The van der Waals surface area contributed by atoms with Gasteiger partial charge in [0.1, 0.15) is 11.6 Å². The van der Waals surface area contributed by atoms with E-state index in [1.54, 1.807) is 0 Å². The maximum absolute atomic E-state index is 13.0. The lowest BCUT2D eigenvalue weighted by Crippen LogP contribution is -2.50. The van der Waals surface area contributed by atoms with Crippen LogP contribution in [0.5, 0.6) is 5.75 Å². The third-order valence-corrected chi connectivity index (χ3v) is 6.44. The second-order valence-corrected chi connectivity index (χ2v) is 8.40. The van der Waals surface area contributed by atoms with E-state index in [4.69, 9.17) is 0 Å². The molecule has 160 valence electrons. The minimum Gasteiger partial charge on any atom is -0.435 e. The Labute approximate surface area is 172 Å². The number of amides is 1. The van der Waals surface area contributed by atoms with Crippen LogP contribution in [0.4, 0.5) is 13.2 Å². The molecule has 0 aromatic heterocycles. The molecule has 3 rings (SSSR count). The van der Waals surface area contributed by atoms with Crippen molar-refractivity contribution in [3.05, 3.63) is 66.0 Å². The van der Waals surface area contributed by atoms with Crippen LogP contribution in [0.15, 0.2) is 59.5 Å². The maximum Gasteiger partial charge on any atom is 0.387 e. The number of carbonyl (C=O) groups is 1.